The standard InChI is InChI=1S/C24H31N3O4S/c1-5-22(28)25-20-8-6-7-18(17-20)23(29)26-13-15-27(16-14-26)32(30,31)21-11-9-19(10-12-21)24(2,3)4/h6-12,17H,5,13-16H2,1-4H3,(H,25,28). The minimum atomic E-state index is -3.61. The van der Waals surface area contributed by atoms with Crippen LogP contribution in [0.1, 0.15) is 50.0 Å². The maximum absolute atomic E-state index is 13.1. The number of rotatable bonds is 5. The zero-order valence-corrected chi connectivity index (χ0v) is 19.9. The molecule has 2 aromatic carbocycles. The number of benzene rings is 2. The van der Waals surface area contributed by atoms with Gasteiger partial charge in [0, 0.05) is 43.9 Å². The summed E-state index contributed by atoms with van der Waals surface area (Å²) in [5.41, 5.74) is 2.06. The van der Waals surface area contributed by atoms with Crippen molar-refractivity contribution in [3.8, 4) is 0 Å². The molecular formula is C24H31N3O4S. The van der Waals surface area contributed by atoms with E-state index in [1.165, 1.54) is 4.31 Å². The number of amides is 2. The summed E-state index contributed by atoms with van der Waals surface area (Å²) in [7, 11) is -3.61. The summed E-state index contributed by atoms with van der Waals surface area (Å²) >= 11 is 0. The summed E-state index contributed by atoms with van der Waals surface area (Å²) in [6, 6.07) is 13.8. The third-order valence-electron chi connectivity index (χ3n) is 5.60. The van der Waals surface area contributed by atoms with Gasteiger partial charge in [0.05, 0.1) is 4.90 Å². The van der Waals surface area contributed by atoms with E-state index in [4.69, 9.17) is 0 Å². The van der Waals surface area contributed by atoms with Crippen molar-refractivity contribution in [2.24, 2.45) is 0 Å². The maximum Gasteiger partial charge on any atom is 0.254 e. The molecule has 0 unspecified atom stereocenters. The van der Waals surface area contributed by atoms with Crippen molar-refractivity contribution in [1.29, 1.82) is 0 Å². The molecule has 0 radical (unpaired) electrons. The van der Waals surface area contributed by atoms with Gasteiger partial charge in [0.2, 0.25) is 15.9 Å². The van der Waals surface area contributed by atoms with Crippen molar-refractivity contribution in [1.82, 2.24) is 9.21 Å². The van der Waals surface area contributed by atoms with Gasteiger partial charge in [-0.05, 0) is 41.3 Å². The van der Waals surface area contributed by atoms with Crippen LogP contribution in [0.5, 0.6) is 0 Å². The largest absolute Gasteiger partial charge is 0.336 e. The molecule has 32 heavy (non-hydrogen) atoms. The Labute approximate surface area is 190 Å². The number of nitrogens with zero attached hydrogens (tertiary/aromatic N) is 2. The summed E-state index contributed by atoms with van der Waals surface area (Å²) in [5.74, 6) is -0.298. The molecule has 0 bridgehead atoms. The summed E-state index contributed by atoms with van der Waals surface area (Å²) in [5, 5.41) is 2.75. The van der Waals surface area contributed by atoms with Crippen LogP contribution in [0.2, 0.25) is 0 Å². The van der Waals surface area contributed by atoms with Crippen molar-refractivity contribution < 1.29 is 18.0 Å². The molecule has 8 heteroatoms. The van der Waals surface area contributed by atoms with Crippen molar-refractivity contribution in [2.45, 2.75) is 44.4 Å². The van der Waals surface area contributed by atoms with Gasteiger partial charge in [-0.3, -0.25) is 9.59 Å². The highest BCUT2D eigenvalue weighted by molar-refractivity contribution is 7.89. The van der Waals surface area contributed by atoms with Crippen LogP contribution in [0.25, 0.3) is 0 Å². The Morgan fingerprint density at radius 2 is 1.59 bits per heavy atom. The SMILES string of the molecule is CCC(=O)Nc1cccc(C(=O)N2CCN(S(=O)(=O)c3ccc(C(C)(C)C)cc3)CC2)c1. The van der Waals surface area contributed by atoms with Crippen molar-refractivity contribution in [3.05, 3.63) is 59.7 Å². The Bertz CT molecular complexity index is 1080. The highest BCUT2D eigenvalue weighted by Gasteiger charge is 2.30. The third-order valence-corrected chi connectivity index (χ3v) is 7.51. The summed E-state index contributed by atoms with van der Waals surface area (Å²) in [4.78, 5) is 26.4. The molecule has 1 aliphatic rings. The van der Waals surface area contributed by atoms with Crippen LogP contribution >= 0.6 is 0 Å². The van der Waals surface area contributed by atoms with Crippen LogP contribution in [0.3, 0.4) is 0 Å². The van der Waals surface area contributed by atoms with Gasteiger partial charge in [-0.2, -0.15) is 4.31 Å². The van der Waals surface area contributed by atoms with Crippen LogP contribution in [-0.4, -0.2) is 55.6 Å². The predicted octanol–water partition coefficient (Wildman–Crippen LogP) is 3.48. The van der Waals surface area contributed by atoms with E-state index in [1.54, 1.807) is 48.2 Å². The van der Waals surface area contributed by atoms with Gasteiger partial charge < -0.3 is 10.2 Å². The van der Waals surface area contributed by atoms with Gasteiger partial charge in [-0.1, -0.05) is 45.9 Å². The number of carbonyl (C=O) groups excluding carboxylic acids is 2. The van der Waals surface area contributed by atoms with Gasteiger partial charge in [-0.25, -0.2) is 8.42 Å². The Morgan fingerprint density at radius 1 is 0.969 bits per heavy atom. The number of sulfonamides is 1. The zero-order chi connectivity index (χ0) is 23.5. The van der Waals surface area contributed by atoms with Crippen molar-refractivity contribution in [3.63, 3.8) is 0 Å². The molecule has 7 nitrogen and oxygen atoms in total. The highest BCUT2D eigenvalue weighted by Crippen LogP contribution is 2.25. The lowest BCUT2D eigenvalue weighted by atomic mass is 9.87. The fourth-order valence-electron chi connectivity index (χ4n) is 3.57. The van der Waals surface area contributed by atoms with Gasteiger partial charge in [0.1, 0.15) is 0 Å². The van der Waals surface area contributed by atoms with Gasteiger partial charge in [-0.15, -0.1) is 0 Å². The minimum absolute atomic E-state index is 0.0507. The molecule has 1 N–H and O–H groups in total. The molecule has 1 aliphatic heterocycles. The van der Waals surface area contributed by atoms with E-state index < -0.39 is 10.0 Å². The lowest BCUT2D eigenvalue weighted by molar-refractivity contribution is -0.115. The minimum Gasteiger partial charge on any atom is -0.336 e. The highest BCUT2D eigenvalue weighted by atomic mass is 32.2. The first kappa shape index (κ1) is 23.9. The molecule has 1 saturated heterocycles. The van der Waals surface area contributed by atoms with Gasteiger partial charge in [0.25, 0.3) is 5.91 Å². The van der Waals surface area contributed by atoms with E-state index in [1.807, 2.05) is 12.1 Å². The molecule has 1 heterocycles. The second-order valence-corrected chi connectivity index (χ2v) is 10.9. The quantitative estimate of drug-likeness (QED) is 0.745. The first-order valence-electron chi connectivity index (χ1n) is 10.8. The summed E-state index contributed by atoms with van der Waals surface area (Å²) in [6.07, 6.45) is 0.355. The third kappa shape index (κ3) is 5.37. The number of hydrogen-bond acceptors (Lipinski definition) is 4. The molecule has 0 aromatic heterocycles. The second kappa shape index (κ2) is 9.42. The Morgan fingerprint density at radius 3 is 2.16 bits per heavy atom. The van der Waals surface area contributed by atoms with Crippen LogP contribution in [0, 0.1) is 0 Å². The van der Waals surface area contributed by atoms with Crippen LogP contribution in [0.15, 0.2) is 53.4 Å². The molecule has 1 fully saturated rings. The first-order valence-corrected chi connectivity index (χ1v) is 12.3. The summed E-state index contributed by atoms with van der Waals surface area (Å²) in [6.45, 7) is 9.10. The Hall–Kier alpha value is -2.71. The second-order valence-electron chi connectivity index (χ2n) is 8.95. The van der Waals surface area contributed by atoms with Crippen LogP contribution < -0.4 is 5.32 Å². The van der Waals surface area contributed by atoms with Gasteiger partial charge >= 0.3 is 0 Å². The Balaban J connectivity index is 1.66. The number of hydrogen-bond donors (Lipinski definition) is 1. The molecule has 2 aromatic rings. The fourth-order valence-corrected chi connectivity index (χ4v) is 4.99. The average Bonchev–Trinajstić information content (AvgIpc) is 2.78. The molecule has 0 saturated carbocycles. The predicted molar refractivity (Wildman–Crippen MR) is 125 cm³/mol. The topological polar surface area (TPSA) is 86.8 Å². The molecule has 0 spiro atoms. The number of nitrogens with one attached hydrogen (secondary N) is 1. The number of anilines is 1. The number of piperazine rings is 1. The van der Waals surface area contributed by atoms with Crippen LogP contribution in [-0.2, 0) is 20.2 Å². The lowest BCUT2D eigenvalue weighted by Crippen LogP contribution is -2.50. The van der Waals surface area contributed by atoms with Gasteiger partial charge in [0.15, 0.2) is 0 Å². The van der Waals surface area contributed by atoms with E-state index in [2.05, 4.69) is 26.1 Å². The molecule has 172 valence electrons. The van der Waals surface area contributed by atoms with E-state index in [0.717, 1.165) is 5.56 Å². The average molecular weight is 458 g/mol. The first-order chi connectivity index (χ1) is 15.0. The number of carbonyl (C=O) groups is 2. The molecule has 0 atom stereocenters. The molecule has 3 rings (SSSR count). The smallest absolute Gasteiger partial charge is 0.254 e. The molecule has 0 aliphatic carbocycles. The molecular weight excluding hydrogens is 426 g/mol. The van der Waals surface area contributed by atoms with E-state index in [-0.39, 0.29) is 35.2 Å². The van der Waals surface area contributed by atoms with E-state index in [9.17, 15) is 18.0 Å². The van der Waals surface area contributed by atoms with Crippen molar-refractivity contribution >= 4 is 27.5 Å². The lowest BCUT2D eigenvalue weighted by Gasteiger charge is -2.34. The normalized spacial score (nSPS) is 15.4. The fraction of sp³-hybridized carbons (Fsp3) is 0.417. The summed E-state index contributed by atoms with van der Waals surface area (Å²) < 4.78 is 27.5. The van der Waals surface area contributed by atoms with Crippen LogP contribution in [0.4, 0.5) is 5.69 Å². The van der Waals surface area contributed by atoms with Crippen molar-refractivity contribution in [2.75, 3.05) is 31.5 Å². The monoisotopic (exact) mass is 457 g/mol. The maximum atomic E-state index is 13.1. The Kier molecular flexibility index (Phi) is 7.05. The zero-order valence-electron chi connectivity index (χ0n) is 19.1. The van der Waals surface area contributed by atoms with E-state index in [0.29, 0.717) is 30.8 Å². The molecule has 2 amide bonds. The van der Waals surface area contributed by atoms with E-state index >= 15 is 0 Å².